The lowest BCUT2D eigenvalue weighted by atomic mass is 9.95. The number of benzene rings is 1. The minimum atomic E-state index is -4.61. The molecule has 3 aromatic rings. The number of hydrogen-bond acceptors (Lipinski definition) is 5. The van der Waals surface area contributed by atoms with Gasteiger partial charge >= 0.3 is 6.18 Å². The molecule has 0 fully saturated rings. The highest BCUT2D eigenvalue weighted by atomic mass is 35.5. The number of fused-ring (bicyclic) bond motifs is 2. The number of nitrogens with one attached hydrogen (secondary N) is 2. The molecule has 4 N–H and O–H groups in total. The van der Waals surface area contributed by atoms with Crippen LogP contribution in [-0.2, 0) is 12.8 Å². The number of anilines is 2. The van der Waals surface area contributed by atoms with Gasteiger partial charge in [-0.1, -0.05) is 41.9 Å². The Morgan fingerprint density at radius 1 is 1.20 bits per heavy atom. The van der Waals surface area contributed by atoms with Gasteiger partial charge in [-0.3, -0.25) is 9.59 Å². The zero-order chi connectivity index (χ0) is 24.9. The first-order chi connectivity index (χ1) is 16.6. The summed E-state index contributed by atoms with van der Waals surface area (Å²) >= 11 is 7.66. The van der Waals surface area contributed by atoms with Crippen molar-refractivity contribution >= 4 is 45.6 Å². The molecule has 0 saturated heterocycles. The molecular weight excluding hydrogens is 503 g/mol. The van der Waals surface area contributed by atoms with Crippen LogP contribution in [0.2, 0.25) is 5.02 Å². The average Bonchev–Trinajstić information content (AvgIpc) is 3.35. The standard InChI is InChI=1S/C23H21ClF3N5O2S/c24-17-18(21(34)30-22-16(19(28)33)12-8-4-5-9-14(12)35-22)31-32-15(23(25,26)27)10-13(29-20(17)32)11-6-2-1-3-7-11/h1-3,6-7,13,15,29H,4-5,8-10H2,(H2,28,33)(H,30,34)/t13-,15-/m1/s1. The minimum absolute atomic E-state index is 0.0835. The van der Waals surface area contributed by atoms with Gasteiger partial charge in [0.2, 0.25) is 0 Å². The number of rotatable bonds is 4. The molecule has 12 heteroatoms. The highest BCUT2D eigenvalue weighted by molar-refractivity contribution is 7.17. The van der Waals surface area contributed by atoms with Crippen LogP contribution in [0, 0.1) is 0 Å². The van der Waals surface area contributed by atoms with E-state index in [-0.39, 0.29) is 33.5 Å². The molecule has 1 aromatic carbocycles. The van der Waals surface area contributed by atoms with E-state index in [1.165, 1.54) is 11.3 Å². The van der Waals surface area contributed by atoms with E-state index < -0.39 is 30.1 Å². The van der Waals surface area contributed by atoms with Gasteiger partial charge in [-0.2, -0.15) is 18.3 Å². The van der Waals surface area contributed by atoms with Crippen LogP contribution < -0.4 is 16.4 Å². The predicted molar refractivity (Wildman–Crippen MR) is 127 cm³/mol. The van der Waals surface area contributed by atoms with Crippen molar-refractivity contribution in [3.63, 3.8) is 0 Å². The third-order valence-corrected chi connectivity index (χ3v) is 7.92. The molecule has 184 valence electrons. The van der Waals surface area contributed by atoms with E-state index in [2.05, 4.69) is 15.7 Å². The summed E-state index contributed by atoms with van der Waals surface area (Å²) in [6.07, 6.45) is -1.61. The molecule has 2 aromatic heterocycles. The maximum absolute atomic E-state index is 14.0. The first kappa shape index (κ1) is 23.7. The maximum Gasteiger partial charge on any atom is 0.410 e. The number of amides is 2. The summed E-state index contributed by atoms with van der Waals surface area (Å²) < 4.78 is 42.7. The van der Waals surface area contributed by atoms with Crippen molar-refractivity contribution in [2.24, 2.45) is 5.73 Å². The molecule has 0 bridgehead atoms. The second kappa shape index (κ2) is 8.87. The van der Waals surface area contributed by atoms with Crippen LogP contribution in [0.1, 0.15) is 68.2 Å². The number of carbonyl (C=O) groups is 2. The summed E-state index contributed by atoms with van der Waals surface area (Å²) in [6, 6.07) is 6.05. The lowest BCUT2D eigenvalue weighted by Gasteiger charge is -2.33. The Hall–Kier alpha value is -3.05. The maximum atomic E-state index is 14.0. The van der Waals surface area contributed by atoms with Crippen LogP contribution in [0.3, 0.4) is 0 Å². The van der Waals surface area contributed by atoms with Gasteiger partial charge in [-0.15, -0.1) is 11.3 Å². The molecule has 2 amide bonds. The highest BCUT2D eigenvalue weighted by Crippen LogP contribution is 2.46. The van der Waals surface area contributed by atoms with E-state index in [4.69, 9.17) is 17.3 Å². The number of nitrogens with zero attached hydrogens (tertiary/aromatic N) is 2. The Morgan fingerprint density at radius 3 is 2.60 bits per heavy atom. The van der Waals surface area contributed by atoms with E-state index >= 15 is 0 Å². The number of alkyl halides is 3. The molecule has 7 nitrogen and oxygen atoms in total. The van der Waals surface area contributed by atoms with Crippen LogP contribution in [0.25, 0.3) is 0 Å². The molecule has 1 aliphatic carbocycles. The fourth-order valence-corrected chi connectivity index (χ4v) is 6.27. The van der Waals surface area contributed by atoms with Gasteiger partial charge in [-0.05, 0) is 36.8 Å². The summed E-state index contributed by atoms with van der Waals surface area (Å²) in [5, 5.41) is 9.63. The largest absolute Gasteiger partial charge is 0.410 e. The molecule has 35 heavy (non-hydrogen) atoms. The second-order valence-corrected chi connectivity index (χ2v) is 10.1. The van der Waals surface area contributed by atoms with Crippen molar-refractivity contribution in [1.29, 1.82) is 0 Å². The van der Waals surface area contributed by atoms with E-state index in [0.29, 0.717) is 12.0 Å². The molecule has 3 heterocycles. The number of halogens is 4. The van der Waals surface area contributed by atoms with Gasteiger partial charge in [0.25, 0.3) is 11.8 Å². The molecule has 0 saturated carbocycles. The van der Waals surface area contributed by atoms with Crippen molar-refractivity contribution in [2.75, 3.05) is 10.6 Å². The van der Waals surface area contributed by atoms with Crippen molar-refractivity contribution in [2.45, 2.75) is 50.4 Å². The second-order valence-electron chi connectivity index (χ2n) is 8.59. The zero-order valence-corrected chi connectivity index (χ0v) is 19.9. The first-order valence-corrected chi connectivity index (χ1v) is 12.3. The van der Waals surface area contributed by atoms with Crippen molar-refractivity contribution < 1.29 is 22.8 Å². The summed E-state index contributed by atoms with van der Waals surface area (Å²) in [5.41, 5.74) is 6.94. The summed E-state index contributed by atoms with van der Waals surface area (Å²) in [7, 11) is 0. The fourth-order valence-electron chi connectivity index (χ4n) is 4.72. The topological polar surface area (TPSA) is 102 Å². The Labute approximate surface area is 207 Å². The van der Waals surface area contributed by atoms with Crippen molar-refractivity contribution in [1.82, 2.24) is 9.78 Å². The van der Waals surface area contributed by atoms with E-state index in [1.807, 2.05) is 0 Å². The van der Waals surface area contributed by atoms with E-state index in [9.17, 15) is 22.8 Å². The summed E-state index contributed by atoms with van der Waals surface area (Å²) in [4.78, 5) is 26.2. The monoisotopic (exact) mass is 523 g/mol. The summed E-state index contributed by atoms with van der Waals surface area (Å²) in [5.74, 6) is -1.56. The van der Waals surface area contributed by atoms with Crippen molar-refractivity contribution in [3.8, 4) is 0 Å². The van der Waals surface area contributed by atoms with Gasteiger partial charge in [0.05, 0.1) is 11.6 Å². The third kappa shape index (κ3) is 4.27. The Morgan fingerprint density at radius 2 is 1.91 bits per heavy atom. The lowest BCUT2D eigenvalue weighted by Crippen LogP contribution is -2.35. The predicted octanol–water partition coefficient (Wildman–Crippen LogP) is 5.49. The number of carbonyl (C=O) groups excluding carboxylic acids is 2. The van der Waals surface area contributed by atoms with Crippen LogP contribution in [0.4, 0.5) is 24.0 Å². The third-order valence-electron chi connectivity index (χ3n) is 6.36. The molecule has 2 atom stereocenters. The van der Waals surface area contributed by atoms with Gasteiger partial charge in [0, 0.05) is 11.3 Å². The van der Waals surface area contributed by atoms with Gasteiger partial charge < -0.3 is 16.4 Å². The van der Waals surface area contributed by atoms with Crippen LogP contribution >= 0.6 is 22.9 Å². The van der Waals surface area contributed by atoms with E-state index in [1.54, 1.807) is 30.3 Å². The number of nitrogens with two attached hydrogens (primary N) is 1. The van der Waals surface area contributed by atoms with Crippen LogP contribution in [-0.4, -0.2) is 27.8 Å². The normalized spacial score (nSPS) is 19.4. The van der Waals surface area contributed by atoms with Crippen LogP contribution in [0.5, 0.6) is 0 Å². The summed E-state index contributed by atoms with van der Waals surface area (Å²) in [6.45, 7) is 0. The number of primary amides is 1. The molecule has 0 unspecified atom stereocenters. The minimum Gasteiger partial charge on any atom is -0.365 e. The Bertz CT molecular complexity index is 1300. The molecule has 0 radical (unpaired) electrons. The highest BCUT2D eigenvalue weighted by Gasteiger charge is 2.48. The fraction of sp³-hybridized carbons (Fsp3) is 0.348. The van der Waals surface area contributed by atoms with Gasteiger partial charge in [-0.25, -0.2) is 4.68 Å². The molecule has 5 rings (SSSR count). The Kier molecular flexibility index (Phi) is 6.00. The number of hydrogen-bond donors (Lipinski definition) is 3. The lowest BCUT2D eigenvalue weighted by molar-refractivity contribution is -0.173. The van der Waals surface area contributed by atoms with Crippen LogP contribution in [0.15, 0.2) is 30.3 Å². The number of aryl methyl sites for hydroxylation is 1. The number of aromatic nitrogens is 2. The van der Waals surface area contributed by atoms with Gasteiger partial charge in [0.1, 0.15) is 15.8 Å². The quantitative estimate of drug-likeness (QED) is 0.421. The first-order valence-electron chi connectivity index (χ1n) is 11.1. The Balaban J connectivity index is 1.50. The molecule has 1 aliphatic heterocycles. The van der Waals surface area contributed by atoms with Gasteiger partial charge in [0.15, 0.2) is 11.7 Å². The number of thiophene rings is 1. The zero-order valence-electron chi connectivity index (χ0n) is 18.3. The molecular formula is C23H21ClF3N5O2S. The molecule has 0 spiro atoms. The smallest absolute Gasteiger partial charge is 0.365 e. The molecule has 2 aliphatic rings. The SMILES string of the molecule is NC(=O)c1c(NC(=O)c2nn3c(c2Cl)N[C@@H](c2ccccc2)C[C@@H]3C(F)(F)F)sc2c1CCCC2. The van der Waals surface area contributed by atoms with E-state index in [0.717, 1.165) is 34.4 Å². The average molecular weight is 524 g/mol. The van der Waals surface area contributed by atoms with Crippen molar-refractivity contribution in [3.05, 3.63) is 62.6 Å².